The minimum atomic E-state index is 0.483. The Morgan fingerprint density at radius 1 is 1.07 bits per heavy atom. The van der Waals surface area contributed by atoms with E-state index in [1.807, 2.05) is 55.0 Å². The molecule has 152 valence electrons. The van der Waals surface area contributed by atoms with Gasteiger partial charge in [-0.25, -0.2) is 15.0 Å². The molecule has 3 N–H and O–H groups in total. The monoisotopic (exact) mass is 400 g/mol. The molecule has 1 aliphatic heterocycles. The van der Waals surface area contributed by atoms with Crippen LogP contribution in [0, 0.1) is 5.92 Å². The van der Waals surface area contributed by atoms with Gasteiger partial charge in [0.15, 0.2) is 0 Å². The number of hydrogen-bond acceptors (Lipinski definition) is 6. The lowest BCUT2D eigenvalue weighted by Gasteiger charge is -2.23. The van der Waals surface area contributed by atoms with Crippen molar-refractivity contribution in [3.8, 4) is 5.88 Å². The van der Waals surface area contributed by atoms with Crippen molar-refractivity contribution < 1.29 is 4.74 Å². The van der Waals surface area contributed by atoms with Crippen molar-refractivity contribution in [2.45, 2.75) is 25.9 Å². The normalized spacial score (nSPS) is 15.7. The van der Waals surface area contributed by atoms with E-state index in [1.165, 1.54) is 0 Å². The fourth-order valence-electron chi connectivity index (χ4n) is 3.94. The van der Waals surface area contributed by atoms with Crippen LogP contribution in [0.2, 0.25) is 0 Å². The third-order valence-corrected chi connectivity index (χ3v) is 5.64. The van der Waals surface area contributed by atoms with Crippen molar-refractivity contribution in [3.05, 3.63) is 72.6 Å². The van der Waals surface area contributed by atoms with E-state index < -0.39 is 0 Å². The molecule has 0 saturated heterocycles. The second-order valence-electron chi connectivity index (χ2n) is 7.66. The molecule has 1 aromatic carbocycles. The predicted octanol–water partition coefficient (Wildman–Crippen LogP) is 3.66. The average Bonchev–Trinajstić information content (AvgIpc) is 3.25. The number of nitrogens with two attached hydrogens (primary N) is 1. The van der Waals surface area contributed by atoms with Crippen molar-refractivity contribution >= 4 is 22.3 Å². The highest BCUT2D eigenvalue weighted by atomic mass is 16.5. The van der Waals surface area contributed by atoms with Gasteiger partial charge in [-0.15, -0.1) is 0 Å². The van der Waals surface area contributed by atoms with Gasteiger partial charge in [0.2, 0.25) is 5.88 Å². The molecule has 3 aromatic heterocycles. The third kappa shape index (κ3) is 3.78. The van der Waals surface area contributed by atoms with E-state index in [9.17, 15) is 0 Å². The number of fused-ring (bicyclic) bond motifs is 2. The number of benzene rings is 1. The van der Waals surface area contributed by atoms with E-state index in [1.54, 1.807) is 6.20 Å². The molecule has 0 amide bonds. The lowest BCUT2D eigenvalue weighted by molar-refractivity contribution is 0.212. The molecule has 0 spiro atoms. The zero-order valence-electron chi connectivity index (χ0n) is 16.7. The summed E-state index contributed by atoms with van der Waals surface area (Å²) in [4.78, 5) is 13.0. The number of nitrogen functional groups attached to an aromatic ring is 1. The lowest BCUT2D eigenvalue weighted by atomic mass is 9.99. The SMILES string of the molecule is Nc1nccc2c(NCc3ccc(OCC4CCn5ccnc5C4)nc3)cccc12. The van der Waals surface area contributed by atoms with Crippen molar-refractivity contribution in [2.75, 3.05) is 17.7 Å². The minimum absolute atomic E-state index is 0.483. The van der Waals surface area contributed by atoms with Crippen LogP contribution in [0.1, 0.15) is 17.8 Å². The number of imidazole rings is 1. The Kier molecular flexibility index (Phi) is 4.93. The van der Waals surface area contributed by atoms with Gasteiger partial charge in [-0.3, -0.25) is 0 Å². The zero-order valence-corrected chi connectivity index (χ0v) is 16.7. The number of rotatable bonds is 6. The maximum absolute atomic E-state index is 5.98. The van der Waals surface area contributed by atoms with Gasteiger partial charge in [-0.05, 0) is 24.1 Å². The van der Waals surface area contributed by atoms with E-state index in [4.69, 9.17) is 10.5 Å². The molecule has 1 aliphatic rings. The van der Waals surface area contributed by atoms with Gasteiger partial charge in [0.1, 0.15) is 11.6 Å². The fraction of sp³-hybridized carbons (Fsp3) is 0.261. The maximum atomic E-state index is 5.98. The molecular formula is C23H24N6O. The molecule has 5 rings (SSSR count). The Bertz CT molecular complexity index is 1150. The van der Waals surface area contributed by atoms with Crippen LogP contribution in [0.3, 0.4) is 0 Å². The lowest BCUT2D eigenvalue weighted by Crippen LogP contribution is -2.24. The number of nitrogens with zero attached hydrogens (tertiary/aromatic N) is 4. The maximum Gasteiger partial charge on any atom is 0.213 e. The molecule has 0 saturated carbocycles. The number of aryl methyl sites for hydroxylation is 1. The molecule has 4 aromatic rings. The van der Waals surface area contributed by atoms with E-state index in [0.717, 1.165) is 47.2 Å². The summed E-state index contributed by atoms with van der Waals surface area (Å²) in [6.07, 6.45) is 9.57. The molecule has 1 atom stereocenters. The summed E-state index contributed by atoms with van der Waals surface area (Å²) in [7, 11) is 0. The Hall–Kier alpha value is -3.61. The Morgan fingerprint density at radius 2 is 2.03 bits per heavy atom. The molecular weight excluding hydrogens is 376 g/mol. The fourth-order valence-corrected chi connectivity index (χ4v) is 3.94. The molecule has 1 unspecified atom stereocenters. The number of anilines is 2. The Morgan fingerprint density at radius 3 is 2.93 bits per heavy atom. The van der Waals surface area contributed by atoms with Gasteiger partial charge in [0.05, 0.1) is 6.61 Å². The molecule has 0 bridgehead atoms. The smallest absolute Gasteiger partial charge is 0.213 e. The van der Waals surface area contributed by atoms with Crippen LogP contribution in [-0.2, 0) is 19.5 Å². The van der Waals surface area contributed by atoms with Crippen LogP contribution in [-0.4, -0.2) is 26.1 Å². The van der Waals surface area contributed by atoms with Crippen LogP contribution in [0.25, 0.3) is 10.8 Å². The van der Waals surface area contributed by atoms with Crippen molar-refractivity contribution in [1.82, 2.24) is 19.5 Å². The second-order valence-corrected chi connectivity index (χ2v) is 7.66. The van der Waals surface area contributed by atoms with E-state index in [2.05, 4.69) is 24.8 Å². The highest BCUT2D eigenvalue weighted by Crippen LogP contribution is 2.26. The number of pyridine rings is 2. The molecule has 30 heavy (non-hydrogen) atoms. The number of hydrogen-bond donors (Lipinski definition) is 2. The highest BCUT2D eigenvalue weighted by Gasteiger charge is 2.19. The summed E-state index contributed by atoms with van der Waals surface area (Å²) >= 11 is 0. The largest absolute Gasteiger partial charge is 0.477 e. The Balaban J connectivity index is 1.18. The molecule has 0 aliphatic carbocycles. The predicted molar refractivity (Wildman–Crippen MR) is 117 cm³/mol. The molecule has 0 fully saturated rings. The van der Waals surface area contributed by atoms with Gasteiger partial charge in [-0.1, -0.05) is 18.2 Å². The van der Waals surface area contributed by atoms with Crippen LogP contribution in [0.4, 0.5) is 11.5 Å². The van der Waals surface area contributed by atoms with Crippen LogP contribution < -0.4 is 15.8 Å². The molecule has 0 radical (unpaired) electrons. The van der Waals surface area contributed by atoms with Crippen LogP contribution in [0.15, 0.2) is 61.2 Å². The van der Waals surface area contributed by atoms with Crippen LogP contribution in [0.5, 0.6) is 5.88 Å². The third-order valence-electron chi connectivity index (χ3n) is 5.64. The summed E-state index contributed by atoms with van der Waals surface area (Å²) < 4.78 is 8.16. The number of nitrogens with one attached hydrogen (secondary N) is 1. The average molecular weight is 400 g/mol. The molecule has 7 nitrogen and oxygen atoms in total. The quantitative estimate of drug-likeness (QED) is 0.513. The van der Waals surface area contributed by atoms with Gasteiger partial charge in [0.25, 0.3) is 0 Å². The second kappa shape index (κ2) is 8.02. The van der Waals surface area contributed by atoms with E-state index in [-0.39, 0.29) is 0 Å². The van der Waals surface area contributed by atoms with E-state index in [0.29, 0.717) is 30.8 Å². The zero-order chi connectivity index (χ0) is 20.3. The van der Waals surface area contributed by atoms with Crippen LogP contribution >= 0.6 is 0 Å². The van der Waals surface area contributed by atoms with Gasteiger partial charge in [0, 0.05) is 72.7 Å². The summed E-state index contributed by atoms with van der Waals surface area (Å²) in [6.45, 7) is 2.35. The van der Waals surface area contributed by atoms with E-state index >= 15 is 0 Å². The Labute approximate surface area is 174 Å². The van der Waals surface area contributed by atoms with Gasteiger partial charge in [-0.2, -0.15) is 0 Å². The van der Waals surface area contributed by atoms with Gasteiger partial charge < -0.3 is 20.4 Å². The van der Waals surface area contributed by atoms with Crippen molar-refractivity contribution in [1.29, 1.82) is 0 Å². The first-order valence-corrected chi connectivity index (χ1v) is 10.2. The summed E-state index contributed by atoms with van der Waals surface area (Å²) in [5.41, 5.74) is 8.09. The molecule has 4 heterocycles. The summed E-state index contributed by atoms with van der Waals surface area (Å²) in [6, 6.07) is 12.0. The first-order valence-electron chi connectivity index (χ1n) is 10.2. The number of aromatic nitrogens is 4. The standard InChI is InChI=1S/C23H24N6O/c24-23-19-2-1-3-20(18(19)6-8-26-23)27-13-17-4-5-22(28-14-17)30-15-16-7-10-29-11-9-25-21(29)12-16/h1-6,8-9,11,14,16,27H,7,10,12-13,15H2,(H2,24,26). The minimum Gasteiger partial charge on any atom is -0.477 e. The number of ether oxygens (including phenoxy) is 1. The first-order chi connectivity index (χ1) is 14.8. The topological polar surface area (TPSA) is 90.9 Å². The summed E-state index contributed by atoms with van der Waals surface area (Å²) in [5, 5.41) is 5.48. The highest BCUT2D eigenvalue weighted by molar-refractivity contribution is 5.99. The van der Waals surface area contributed by atoms with Crippen molar-refractivity contribution in [2.24, 2.45) is 5.92 Å². The first kappa shape index (κ1) is 18.4. The van der Waals surface area contributed by atoms with Crippen molar-refractivity contribution in [3.63, 3.8) is 0 Å². The summed E-state index contributed by atoms with van der Waals surface area (Å²) in [5.74, 6) is 2.84. The van der Waals surface area contributed by atoms with Gasteiger partial charge >= 0.3 is 0 Å². The molecule has 7 heteroatoms.